The van der Waals surface area contributed by atoms with Crippen LogP contribution in [0.25, 0.3) is 0 Å². The molecule has 43 atom stereocenters. The number of rotatable bonds is 29. The highest BCUT2D eigenvalue weighted by Gasteiger charge is 2.61. The summed E-state index contributed by atoms with van der Waals surface area (Å²) in [7, 11) is 0. The van der Waals surface area contributed by atoms with Gasteiger partial charge in [0.25, 0.3) is 0 Å². The van der Waals surface area contributed by atoms with Crippen LogP contribution in [-0.2, 0) is 104 Å². The maximum absolute atomic E-state index is 14.2. The van der Waals surface area contributed by atoms with Crippen molar-refractivity contribution >= 4 is 23.9 Å². The Balaban J connectivity index is 0.632. The van der Waals surface area contributed by atoms with Crippen LogP contribution >= 0.6 is 0 Å². The molecule has 6 aliphatic carbocycles. The quantitative estimate of drug-likeness (QED) is 0.0188. The lowest BCUT2D eigenvalue weighted by molar-refractivity contribution is -0.385. The Labute approximate surface area is 768 Å². The Kier molecular flexibility index (Phi) is 37.0. The topological polar surface area (TPSA) is 773 Å². The van der Waals surface area contributed by atoms with Crippen molar-refractivity contribution in [2.24, 2.45) is 35.5 Å². The number of hydrogen-bond acceptors (Lipinski definition) is 48. The van der Waals surface area contributed by atoms with Gasteiger partial charge in [-0.2, -0.15) is 0 Å². The summed E-state index contributed by atoms with van der Waals surface area (Å²) >= 11 is 0. The number of carbonyl (C=O) groups is 4. The van der Waals surface area contributed by atoms with Crippen LogP contribution in [-0.4, -0.2) is 489 Å². The average molecular weight is 1940 g/mol. The second kappa shape index (κ2) is 46.7. The van der Waals surface area contributed by atoms with Gasteiger partial charge in [0.05, 0.1) is 97.7 Å². The van der Waals surface area contributed by atoms with E-state index in [0.717, 1.165) is 0 Å². The minimum atomic E-state index is -2.32. The third-order valence-corrected chi connectivity index (χ3v) is 29.5. The normalized spacial score (nSPS) is 50.5. The molecule has 49 nitrogen and oxygen atoms in total. The molecule has 0 radical (unpaired) electrons. The zero-order chi connectivity index (χ0) is 96.4. The summed E-state index contributed by atoms with van der Waals surface area (Å²) < 4.78 is 112. The number of ether oxygens (including phenoxy) is 19. The fraction of sp³-hybridized carbons (Fsp3) is 0.953. The highest BCUT2D eigenvalue weighted by molar-refractivity contribution is 5.74. The Bertz CT molecular complexity index is 3660. The molecule has 0 aromatic carbocycles. The molecule has 8 heterocycles. The molecule has 8 saturated heterocycles. The number of aliphatic hydroxyl groups excluding tert-OH is 26. The van der Waals surface area contributed by atoms with E-state index in [9.17, 15) is 152 Å². The van der Waals surface area contributed by atoms with Crippen molar-refractivity contribution in [1.82, 2.24) is 0 Å². The van der Waals surface area contributed by atoms with Crippen molar-refractivity contribution in [3.63, 3.8) is 0 Å². The predicted molar refractivity (Wildman–Crippen MR) is 430 cm³/mol. The summed E-state index contributed by atoms with van der Waals surface area (Å²) in [4.78, 5) is 53.7. The van der Waals surface area contributed by atoms with Gasteiger partial charge in [-0.1, -0.05) is 0 Å². The fourth-order valence-electron chi connectivity index (χ4n) is 21.0. The molecular weight excluding hydrogens is 1800 g/mol. The number of hydrogen-bond donors (Lipinski definition) is 26. The highest BCUT2D eigenvalue weighted by Crippen LogP contribution is 2.46. The van der Waals surface area contributed by atoms with Gasteiger partial charge in [0.1, 0.15) is 203 Å². The summed E-state index contributed by atoms with van der Waals surface area (Å²) in [6.45, 7) is -3.00. The van der Waals surface area contributed by atoms with Crippen molar-refractivity contribution < 1.29 is 242 Å². The third-order valence-electron chi connectivity index (χ3n) is 29.5. The smallest absolute Gasteiger partial charge is 0.309 e. The predicted octanol–water partition coefficient (Wildman–Crippen LogP) is -12.2. The van der Waals surface area contributed by atoms with Crippen LogP contribution in [0, 0.1) is 35.5 Å². The molecular formula is C85H137O49+. The van der Waals surface area contributed by atoms with Gasteiger partial charge in [-0.05, 0) is 129 Å². The van der Waals surface area contributed by atoms with E-state index < -0.39 is 387 Å². The van der Waals surface area contributed by atoms with Crippen molar-refractivity contribution in [3.05, 3.63) is 0 Å². The molecule has 14 fully saturated rings. The lowest BCUT2D eigenvalue weighted by Crippen LogP contribution is -2.67. The molecule has 0 amide bonds. The summed E-state index contributed by atoms with van der Waals surface area (Å²) in [6, 6.07) is 0. The first kappa shape index (κ1) is 106. The van der Waals surface area contributed by atoms with Crippen LogP contribution in [0.3, 0.4) is 0 Å². The molecule has 0 aromatic rings. The minimum Gasteiger partial charge on any atom is -0.463 e. The Morgan fingerprint density at radius 2 is 0.604 bits per heavy atom. The van der Waals surface area contributed by atoms with E-state index in [1.54, 1.807) is 0 Å². The van der Waals surface area contributed by atoms with Crippen molar-refractivity contribution in [1.29, 1.82) is 0 Å². The average Bonchev–Trinajstić information content (AvgIpc) is 0.767. The van der Waals surface area contributed by atoms with E-state index in [0.29, 0.717) is 51.4 Å². The lowest BCUT2D eigenvalue weighted by Gasteiger charge is -2.50. The Morgan fingerprint density at radius 1 is 0.284 bits per heavy atom. The third kappa shape index (κ3) is 24.5. The first-order valence-corrected chi connectivity index (χ1v) is 46.9. The molecule has 27 N–H and O–H groups in total. The van der Waals surface area contributed by atoms with Crippen molar-refractivity contribution in [3.8, 4) is 0 Å². The molecule has 0 aromatic heterocycles. The van der Waals surface area contributed by atoms with Crippen molar-refractivity contribution in [2.75, 3.05) is 39.6 Å². The van der Waals surface area contributed by atoms with Gasteiger partial charge in [-0.15, -0.1) is 0 Å². The van der Waals surface area contributed by atoms with Crippen LogP contribution in [0.2, 0.25) is 0 Å². The van der Waals surface area contributed by atoms with Gasteiger partial charge >= 0.3 is 23.9 Å². The van der Waals surface area contributed by atoms with E-state index in [-0.39, 0.29) is 83.5 Å². The number of esters is 4. The number of aliphatic hydroxyl groups is 28. The zero-order valence-electron chi connectivity index (χ0n) is 73.7. The van der Waals surface area contributed by atoms with Gasteiger partial charge in [0.15, 0.2) is 56.2 Å². The monoisotopic (exact) mass is 1940 g/mol. The first-order valence-electron chi connectivity index (χ1n) is 46.9. The van der Waals surface area contributed by atoms with Crippen LogP contribution in [0.15, 0.2) is 0 Å². The van der Waals surface area contributed by atoms with Crippen LogP contribution in [0.1, 0.15) is 142 Å². The van der Waals surface area contributed by atoms with E-state index in [4.69, 9.17) is 90.0 Å². The van der Waals surface area contributed by atoms with Gasteiger partial charge in [-0.25, -0.2) is 0 Å². The molecule has 14 rings (SSSR count). The molecule has 14 aliphatic rings. The van der Waals surface area contributed by atoms with Gasteiger partial charge < -0.3 is 223 Å². The van der Waals surface area contributed by atoms with Crippen molar-refractivity contribution in [2.45, 2.75) is 430 Å². The van der Waals surface area contributed by atoms with E-state index in [1.165, 1.54) is 6.92 Å². The SMILES string of the molecule is C[C@@H]1O[C@@H](OC[C@H]2O[C@@H](OC3CC4C(O)CC(O[C@@H]5O[C@H](COC(=O)C6CCC(O[C@@H]7O[C@H](COC(=O)C8CCC(O)CC8)[C@@H](O)[C@H](O)[C@H]7O)CC6)[C@@H](O)[C@H](O[C@@H]6O[C@H](CO)[C@@H](O)[C@H](O[C@@H]7O[C@H](COC(=O)C8CCC(O[C@@H]9O[C@H](COC(=O)C%10CCC(O)CC%10)[C@@H](O)[C@H](O)[C@H]9O)CC8)[C@@H](O)[C@H](O)[C@H]7O)[C@H]6O)[C@H]5O)CC4[OH+]C3C3CC(O)C(O)C(O)C3)[C@H](O)[C@@H](O)[C@@H]2O)[C@H](O)[C@H](O)[C@H]1O. The first-order chi connectivity index (χ1) is 63.7. The summed E-state index contributed by atoms with van der Waals surface area (Å²) in [5.74, 6) is -7.25. The summed E-state index contributed by atoms with van der Waals surface area (Å²) in [5, 5.41) is 289. The van der Waals surface area contributed by atoms with Crippen LogP contribution < -0.4 is 0 Å². The molecule has 770 valence electrons. The van der Waals surface area contributed by atoms with E-state index >= 15 is 0 Å². The van der Waals surface area contributed by atoms with Gasteiger partial charge in [0.2, 0.25) is 0 Å². The second-order valence-electron chi connectivity index (χ2n) is 38.7. The van der Waals surface area contributed by atoms with E-state index in [2.05, 4.69) is 0 Å². The maximum Gasteiger partial charge on any atom is 0.309 e. The Morgan fingerprint density at radius 3 is 1.01 bits per heavy atom. The lowest BCUT2D eigenvalue weighted by atomic mass is 9.72. The van der Waals surface area contributed by atoms with Crippen LogP contribution in [0.5, 0.6) is 0 Å². The standard InChI is InChI=1S/C85H136O49/c1-29-52(92)60(100)65(105)79(121-29)120-28-50-57(97)63(103)68(108)82(130-50)126-45-22-40-41(89)20-39(21-44(40)125-72(45)34-18-42(90)53(93)43(91)19-34)124-84-70(110)74(59(99)51(132-84)27-119-78(115)33-8-16-38(17-9-33)123-81-67(107)62(102)55(95)48(129-81)25-117-76(113)31-4-12-36(88)13-5-31)134-85-71(111)73(58(98)46(23-86)127-85)133-83-69(109)64(104)56(96)49(131-83)26-118-77(114)32-6-14-37(15-7-32)122-80-66(106)61(101)54(94)47(128-80)24-116-75(112)30-2-10-35(87)11-3-30/h29-74,79-111H,2-28H2,1H3/p+1/t29-,30?,31?,32?,33?,34?,35?,36?,37?,38?,39?,40?,41?,42?,43?,44?,45?,46+,47+,48+,49+,50+,51+,52-,53?,54+,55+,56+,57+,58+,59+,60+,61-,62-,63-,64-,65+,66+,67+,68+,69+,70+,71+,72?,73-,74-,79+,80+,81+,82+,83-,84+,85-/m0/s1. The largest absolute Gasteiger partial charge is 0.463 e. The number of fused-ring (bicyclic) bond motifs is 1. The summed E-state index contributed by atoms with van der Waals surface area (Å²) in [6.07, 6.45) is -73.9. The maximum atomic E-state index is 14.2. The fourth-order valence-corrected chi connectivity index (χ4v) is 21.0. The zero-order valence-corrected chi connectivity index (χ0v) is 73.7. The molecule has 8 unspecified atom stereocenters. The number of carbonyl (C=O) groups excluding carboxylic acids is 4. The summed E-state index contributed by atoms with van der Waals surface area (Å²) in [5.41, 5.74) is 0. The molecule has 49 heteroatoms. The molecule has 134 heavy (non-hydrogen) atoms. The molecule has 8 aliphatic heterocycles. The molecule has 0 bridgehead atoms. The Hall–Kier alpha value is -3.76. The van der Waals surface area contributed by atoms with Gasteiger partial charge in [0, 0.05) is 18.8 Å². The second-order valence-corrected chi connectivity index (χ2v) is 38.7. The minimum absolute atomic E-state index is 0.0686. The van der Waals surface area contributed by atoms with Crippen LogP contribution in [0.4, 0.5) is 0 Å². The van der Waals surface area contributed by atoms with Gasteiger partial charge in [-0.3, -0.25) is 19.2 Å². The highest BCUT2D eigenvalue weighted by atomic mass is 16.8. The molecule has 6 saturated carbocycles. The van der Waals surface area contributed by atoms with E-state index in [1.807, 2.05) is 0 Å². The molecule has 0 spiro atoms.